The molecule has 0 amide bonds. The van der Waals surface area contributed by atoms with Gasteiger partial charge in [0.2, 0.25) is 0 Å². The van der Waals surface area contributed by atoms with Gasteiger partial charge in [-0.2, -0.15) is 0 Å². The van der Waals surface area contributed by atoms with Crippen LogP contribution in [0.25, 0.3) is 0 Å². The van der Waals surface area contributed by atoms with E-state index in [0.29, 0.717) is 5.92 Å². The summed E-state index contributed by atoms with van der Waals surface area (Å²) in [4.78, 5) is 0. The Kier molecular flexibility index (Phi) is 44.5. The number of benzene rings is 1. The molecule has 0 bridgehead atoms. The maximum absolute atomic E-state index is 3.70. The first-order valence-electron chi connectivity index (χ1n) is 12.0. The van der Waals surface area contributed by atoms with Crippen molar-refractivity contribution in [3.63, 3.8) is 0 Å². The van der Waals surface area contributed by atoms with Crippen molar-refractivity contribution in [3.05, 3.63) is 96.9 Å². The quantitative estimate of drug-likeness (QED) is 0.350. The van der Waals surface area contributed by atoms with Crippen LogP contribution in [-0.4, -0.2) is 0 Å². The van der Waals surface area contributed by atoms with Gasteiger partial charge in [0.15, 0.2) is 0 Å². The van der Waals surface area contributed by atoms with Gasteiger partial charge in [-0.05, 0) is 56.4 Å². The first-order chi connectivity index (χ1) is 15.0. The molecule has 1 rings (SSSR count). The van der Waals surface area contributed by atoms with Gasteiger partial charge in [0.25, 0.3) is 0 Å². The van der Waals surface area contributed by atoms with Gasteiger partial charge in [-0.15, -0.1) is 13.2 Å². The maximum atomic E-state index is 3.70. The SMILES string of the molecule is C=C.C=C/C(=C\C)NC(/C=C\C)=C/C.CC.CC.CC.CCc1ccc(C(C)C)cc1. The van der Waals surface area contributed by atoms with Crippen LogP contribution in [0.2, 0.25) is 0 Å². The van der Waals surface area contributed by atoms with Crippen molar-refractivity contribution in [1.29, 1.82) is 0 Å². The molecule has 0 aromatic heterocycles. The average molecular weight is 430 g/mol. The molecule has 0 heterocycles. The van der Waals surface area contributed by atoms with E-state index in [1.165, 1.54) is 11.1 Å². The predicted molar refractivity (Wildman–Crippen MR) is 151 cm³/mol. The molecule has 0 aliphatic carbocycles. The fourth-order valence-corrected chi connectivity index (χ4v) is 1.94. The van der Waals surface area contributed by atoms with E-state index in [4.69, 9.17) is 0 Å². The van der Waals surface area contributed by atoms with Crippen molar-refractivity contribution in [2.45, 2.75) is 95.4 Å². The summed E-state index contributed by atoms with van der Waals surface area (Å²) < 4.78 is 0. The van der Waals surface area contributed by atoms with Crippen molar-refractivity contribution in [2.24, 2.45) is 0 Å². The molecule has 0 atom stereocenters. The highest BCUT2D eigenvalue weighted by molar-refractivity contribution is 5.26. The molecule has 0 spiro atoms. The van der Waals surface area contributed by atoms with Crippen LogP contribution in [0.3, 0.4) is 0 Å². The molecule has 0 radical (unpaired) electrons. The summed E-state index contributed by atoms with van der Waals surface area (Å²) in [6.45, 7) is 34.3. The van der Waals surface area contributed by atoms with Gasteiger partial charge < -0.3 is 5.32 Å². The van der Waals surface area contributed by atoms with E-state index in [2.05, 4.69) is 70.1 Å². The van der Waals surface area contributed by atoms with Gasteiger partial charge in [-0.25, -0.2) is 0 Å². The minimum Gasteiger partial charge on any atom is -0.356 e. The fourth-order valence-electron chi connectivity index (χ4n) is 1.94. The second kappa shape index (κ2) is 35.2. The standard InChI is InChI=1S/C11H17N.C11H16.3C2H6.C2H4/c1-5-9-11(8-4)12-10(6-2)7-3;1-4-10-5-7-11(8-6-10)9(2)3;4*1-2/h5-9,12H,2H2,1,3-4H3;5-9H,4H2,1-3H3;3*1-2H3;1-2H2/b9-5-,10-7+,11-8+;;;;;. The second-order valence-corrected chi connectivity index (χ2v) is 5.57. The Morgan fingerprint density at radius 3 is 1.52 bits per heavy atom. The smallest absolute Gasteiger partial charge is 0.0337 e. The Morgan fingerprint density at radius 2 is 1.26 bits per heavy atom. The first kappa shape index (κ1) is 39.2. The lowest BCUT2D eigenvalue weighted by Gasteiger charge is -2.06. The molecule has 180 valence electrons. The Hall–Kier alpha value is -2.28. The molecule has 0 saturated heterocycles. The van der Waals surface area contributed by atoms with Gasteiger partial charge in [-0.1, -0.05) is 111 Å². The van der Waals surface area contributed by atoms with Gasteiger partial charge >= 0.3 is 0 Å². The molecule has 1 N–H and O–H groups in total. The summed E-state index contributed by atoms with van der Waals surface area (Å²) >= 11 is 0. The molecule has 1 heteroatoms. The molecule has 0 fully saturated rings. The van der Waals surface area contributed by atoms with Crippen LogP contribution in [0.4, 0.5) is 0 Å². The molecule has 0 aliphatic heterocycles. The van der Waals surface area contributed by atoms with Crippen molar-refractivity contribution in [2.75, 3.05) is 0 Å². The fraction of sp³-hybridized carbons (Fsp3) is 0.467. The number of aryl methyl sites for hydroxylation is 1. The Balaban J connectivity index is -0.000000110. The van der Waals surface area contributed by atoms with Crippen LogP contribution >= 0.6 is 0 Å². The van der Waals surface area contributed by atoms with Crippen LogP contribution in [-0.2, 0) is 6.42 Å². The predicted octanol–water partition coefficient (Wildman–Crippen LogP) is 10.4. The lowest BCUT2D eigenvalue weighted by atomic mass is 10.0. The largest absolute Gasteiger partial charge is 0.356 e. The van der Waals surface area contributed by atoms with E-state index >= 15 is 0 Å². The lowest BCUT2D eigenvalue weighted by Crippen LogP contribution is -2.08. The number of allylic oxidation sites excluding steroid dienone is 5. The van der Waals surface area contributed by atoms with Crippen LogP contribution in [0.5, 0.6) is 0 Å². The van der Waals surface area contributed by atoms with Gasteiger partial charge in [0.05, 0.1) is 0 Å². The van der Waals surface area contributed by atoms with E-state index in [0.717, 1.165) is 17.8 Å². The monoisotopic (exact) mass is 429 g/mol. The Labute approximate surface area is 197 Å². The first-order valence-corrected chi connectivity index (χ1v) is 12.0. The molecule has 31 heavy (non-hydrogen) atoms. The summed E-state index contributed by atoms with van der Waals surface area (Å²) in [5.41, 5.74) is 4.98. The van der Waals surface area contributed by atoms with Crippen molar-refractivity contribution in [3.8, 4) is 0 Å². The second-order valence-electron chi connectivity index (χ2n) is 5.57. The highest BCUT2D eigenvalue weighted by Crippen LogP contribution is 2.14. The normalized spacial score (nSPS) is 9.71. The molecule has 0 unspecified atom stereocenters. The third kappa shape index (κ3) is 25.7. The molecule has 0 saturated carbocycles. The zero-order valence-corrected chi connectivity index (χ0v) is 23.1. The molecule has 1 nitrogen and oxygen atoms in total. The molecular formula is C30H55N. The highest BCUT2D eigenvalue weighted by Gasteiger charge is 1.96. The summed E-state index contributed by atoms with van der Waals surface area (Å²) in [6.07, 6.45) is 11.0. The Bertz CT molecular complexity index is 542. The number of rotatable bonds is 6. The van der Waals surface area contributed by atoms with Gasteiger partial charge in [-0.3, -0.25) is 0 Å². The van der Waals surface area contributed by atoms with Crippen molar-refractivity contribution in [1.82, 2.24) is 5.32 Å². The maximum Gasteiger partial charge on any atom is 0.0337 e. The summed E-state index contributed by atoms with van der Waals surface area (Å²) in [7, 11) is 0. The zero-order valence-electron chi connectivity index (χ0n) is 23.1. The Morgan fingerprint density at radius 1 is 0.839 bits per heavy atom. The van der Waals surface area contributed by atoms with Crippen LogP contribution in [0.1, 0.15) is 100 Å². The van der Waals surface area contributed by atoms with Gasteiger partial charge in [0.1, 0.15) is 0 Å². The summed E-state index contributed by atoms with van der Waals surface area (Å²) in [6, 6.07) is 8.89. The number of hydrogen-bond donors (Lipinski definition) is 1. The van der Waals surface area contributed by atoms with E-state index in [1.807, 2.05) is 86.6 Å². The van der Waals surface area contributed by atoms with E-state index in [9.17, 15) is 0 Å². The minimum absolute atomic E-state index is 0.654. The average Bonchev–Trinajstić information content (AvgIpc) is 2.87. The van der Waals surface area contributed by atoms with Crippen LogP contribution in [0, 0.1) is 0 Å². The minimum atomic E-state index is 0.654. The van der Waals surface area contributed by atoms with Crippen molar-refractivity contribution < 1.29 is 0 Å². The molecule has 1 aromatic carbocycles. The van der Waals surface area contributed by atoms with Crippen molar-refractivity contribution >= 4 is 0 Å². The van der Waals surface area contributed by atoms with E-state index < -0.39 is 0 Å². The summed E-state index contributed by atoms with van der Waals surface area (Å²) in [5, 5.41) is 3.22. The molecule has 1 aromatic rings. The van der Waals surface area contributed by atoms with Gasteiger partial charge in [0, 0.05) is 11.4 Å². The van der Waals surface area contributed by atoms with Crippen LogP contribution in [0.15, 0.2) is 85.8 Å². The lowest BCUT2D eigenvalue weighted by molar-refractivity contribution is 0.865. The molecular weight excluding hydrogens is 374 g/mol. The third-order valence-electron chi connectivity index (χ3n) is 3.53. The topological polar surface area (TPSA) is 12.0 Å². The summed E-state index contributed by atoms with van der Waals surface area (Å²) in [5.74, 6) is 0.654. The highest BCUT2D eigenvalue weighted by atomic mass is 14.9. The third-order valence-corrected chi connectivity index (χ3v) is 3.53. The van der Waals surface area contributed by atoms with E-state index in [-0.39, 0.29) is 0 Å². The number of hydrogen-bond acceptors (Lipinski definition) is 1. The number of nitrogens with one attached hydrogen (secondary N) is 1. The van der Waals surface area contributed by atoms with Crippen LogP contribution < -0.4 is 5.32 Å². The molecule has 0 aliphatic rings. The zero-order chi connectivity index (χ0) is 25.7. The van der Waals surface area contributed by atoms with E-state index in [1.54, 1.807) is 6.08 Å².